The molecule has 1 aromatic heterocycles. The second-order valence-corrected chi connectivity index (χ2v) is 5.44. The monoisotopic (exact) mass is 313 g/mol. The normalized spacial score (nSPS) is 13.2. The fourth-order valence-electron chi connectivity index (χ4n) is 2.51. The summed E-state index contributed by atoms with van der Waals surface area (Å²) in [4.78, 5) is 35.8. The number of nitrogens with two attached hydrogens (primary N) is 1. The first-order valence-corrected chi connectivity index (χ1v) is 7.07. The lowest BCUT2D eigenvalue weighted by molar-refractivity contribution is 0.0880. The number of pyridine rings is 1. The van der Waals surface area contributed by atoms with Gasteiger partial charge in [0.1, 0.15) is 11.6 Å². The van der Waals surface area contributed by atoms with Crippen LogP contribution in [0.2, 0.25) is 0 Å². The summed E-state index contributed by atoms with van der Waals surface area (Å²) in [5.41, 5.74) is 5.97. The smallest absolute Gasteiger partial charge is 0.262 e. The van der Waals surface area contributed by atoms with Crippen LogP contribution in [0.5, 0.6) is 5.75 Å². The summed E-state index contributed by atoms with van der Waals surface area (Å²) in [5, 5.41) is 2.13. The molecule has 1 aliphatic rings. The molecule has 0 radical (unpaired) electrons. The van der Waals surface area contributed by atoms with Crippen LogP contribution in [0.25, 0.3) is 5.69 Å². The van der Waals surface area contributed by atoms with Gasteiger partial charge in [0.2, 0.25) is 0 Å². The van der Waals surface area contributed by atoms with E-state index in [9.17, 15) is 14.4 Å². The Morgan fingerprint density at radius 1 is 1.13 bits per heavy atom. The maximum absolute atomic E-state index is 12.3. The van der Waals surface area contributed by atoms with E-state index in [-0.39, 0.29) is 23.0 Å². The zero-order chi connectivity index (χ0) is 16.7. The van der Waals surface area contributed by atoms with Gasteiger partial charge in [-0.05, 0) is 26.0 Å². The predicted molar refractivity (Wildman–Crippen MR) is 84.0 cm³/mol. The first-order chi connectivity index (χ1) is 10.9. The number of amides is 2. The van der Waals surface area contributed by atoms with E-state index in [1.165, 1.54) is 4.57 Å². The van der Waals surface area contributed by atoms with Crippen molar-refractivity contribution in [3.63, 3.8) is 0 Å². The summed E-state index contributed by atoms with van der Waals surface area (Å²) in [5.74, 6) is -0.717. The van der Waals surface area contributed by atoms with Crippen LogP contribution in [-0.2, 0) is 0 Å². The Hall–Kier alpha value is -3.09. The molecule has 118 valence electrons. The Labute approximate surface area is 131 Å². The first-order valence-electron chi connectivity index (χ1n) is 7.07. The van der Waals surface area contributed by atoms with Gasteiger partial charge in [0.05, 0.1) is 22.9 Å². The van der Waals surface area contributed by atoms with Gasteiger partial charge in [-0.1, -0.05) is 6.07 Å². The van der Waals surface area contributed by atoms with E-state index in [2.05, 4.69) is 5.32 Å². The van der Waals surface area contributed by atoms with Crippen molar-refractivity contribution in [2.75, 3.05) is 5.73 Å². The Morgan fingerprint density at radius 3 is 2.57 bits per heavy atom. The first kappa shape index (κ1) is 14.8. The van der Waals surface area contributed by atoms with Crippen molar-refractivity contribution < 1.29 is 14.3 Å². The SMILES string of the molecule is CC(C)Oc1cccc(-n2c(N)c3c(cc2=O)C(=O)NC3=O)c1. The average molecular weight is 313 g/mol. The number of aromatic nitrogens is 1. The van der Waals surface area contributed by atoms with Crippen LogP contribution < -0.4 is 21.3 Å². The molecular weight excluding hydrogens is 298 g/mol. The summed E-state index contributed by atoms with van der Waals surface area (Å²) in [6.45, 7) is 3.77. The molecule has 0 aliphatic carbocycles. The molecule has 0 saturated heterocycles. The standard InChI is InChI=1S/C16H15N3O4/c1-8(2)23-10-5-3-4-9(6-10)19-12(20)7-11-13(14(19)17)16(22)18-15(11)21/h3-8H,17H2,1-2H3,(H,18,21,22). The summed E-state index contributed by atoms with van der Waals surface area (Å²) in [7, 11) is 0. The number of hydrogen-bond donors (Lipinski definition) is 2. The lowest BCUT2D eigenvalue weighted by Gasteiger charge is -2.14. The molecule has 3 rings (SSSR count). The molecule has 23 heavy (non-hydrogen) atoms. The molecule has 7 heteroatoms. The number of rotatable bonds is 3. The van der Waals surface area contributed by atoms with Crippen LogP contribution in [0.3, 0.4) is 0 Å². The van der Waals surface area contributed by atoms with Crippen molar-refractivity contribution >= 4 is 17.6 Å². The minimum atomic E-state index is -0.613. The van der Waals surface area contributed by atoms with Crippen LogP contribution in [0.4, 0.5) is 5.82 Å². The number of nitrogens with zero attached hydrogens (tertiary/aromatic N) is 1. The molecule has 0 bridgehead atoms. The van der Waals surface area contributed by atoms with E-state index in [0.29, 0.717) is 11.4 Å². The lowest BCUT2D eigenvalue weighted by atomic mass is 10.1. The van der Waals surface area contributed by atoms with Gasteiger partial charge >= 0.3 is 0 Å². The number of fused-ring (bicyclic) bond motifs is 1. The van der Waals surface area contributed by atoms with Crippen molar-refractivity contribution in [3.05, 3.63) is 51.8 Å². The molecular formula is C16H15N3O4. The van der Waals surface area contributed by atoms with Crippen molar-refractivity contribution in [3.8, 4) is 11.4 Å². The molecule has 0 spiro atoms. The van der Waals surface area contributed by atoms with Gasteiger partial charge in [0.25, 0.3) is 17.4 Å². The van der Waals surface area contributed by atoms with Gasteiger partial charge in [0, 0.05) is 12.1 Å². The summed E-state index contributed by atoms with van der Waals surface area (Å²) < 4.78 is 6.78. The van der Waals surface area contributed by atoms with Crippen molar-refractivity contribution in [2.24, 2.45) is 0 Å². The zero-order valence-electron chi connectivity index (χ0n) is 12.6. The van der Waals surface area contributed by atoms with Crippen molar-refractivity contribution in [1.29, 1.82) is 0 Å². The summed E-state index contributed by atoms with van der Waals surface area (Å²) in [6.07, 6.45) is -0.0252. The quantitative estimate of drug-likeness (QED) is 0.826. The Balaban J connectivity index is 2.19. The van der Waals surface area contributed by atoms with E-state index in [4.69, 9.17) is 10.5 Å². The molecule has 2 amide bonds. The number of nitrogen functional groups attached to an aromatic ring is 1. The van der Waals surface area contributed by atoms with Gasteiger partial charge in [-0.25, -0.2) is 0 Å². The molecule has 1 aliphatic heterocycles. The molecule has 0 atom stereocenters. The minimum absolute atomic E-state index is 0.00309. The molecule has 0 saturated carbocycles. The Bertz CT molecular complexity index is 883. The molecule has 2 aromatic rings. The highest BCUT2D eigenvalue weighted by molar-refractivity contribution is 6.23. The van der Waals surface area contributed by atoms with Gasteiger partial charge in [-0.2, -0.15) is 0 Å². The van der Waals surface area contributed by atoms with E-state index >= 15 is 0 Å². The molecule has 2 heterocycles. The summed E-state index contributed by atoms with van der Waals surface area (Å²) in [6, 6.07) is 7.92. The zero-order valence-corrected chi connectivity index (χ0v) is 12.6. The molecule has 3 N–H and O–H groups in total. The number of hydrogen-bond acceptors (Lipinski definition) is 5. The highest BCUT2D eigenvalue weighted by atomic mass is 16.5. The van der Waals surface area contributed by atoms with Crippen LogP contribution in [0.1, 0.15) is 34.6 Å². The van der Waals surface area contributed by atoms with Crippen LogP contribution in [0, 0.1) is 0 Å². The number of carbonyl (C=O) groups excluding carboxylic acids is 2. The fraction of sp³-hybridized carbons (Fsp3) is 0.188. The van der Waals surface area contributed by atoms with Gasteiger partial charge < -0.3 is 10.5 Å². The second-order valence-electron chi connectivity index (χ2n) is 5.44. The third-order valence-electron chi connectivity index (χ3n) is 3.40. The van der Waals surface area contributed by atoms with Crippen LogP contribution in [0.15, 0.2) is 35.1 Å². The van der Waals surface area contributed by atoms with E-state index in [1.807, 2.05) is 13.8 Å². The number of nitrogens with one attached hydrogen (secondary N) is 1. The highest BCUT2D eigenvalue weighted by Crippen LogP contribution is 2.24. The van der Waals surface area contributed by atoms with Gasteiger partial charge in [-0.15, -0.1) is 0 Å². The average Bonchev–Trinajstić information content (AvgIpc) is 2.73. The highest BCUT2D eigenvalue weighted by Gasteiger charge is 2.31. The van der Waals surface area contributed by atoms with Crippen LogP contribution in [-0.4, -0.2) is 22.5 Å². The number of anilines is 1. The van der Waals surface area contributed by atoms with E-state index in [1.54, 1.807) is 24.3 Å². The van der Waals surface area contributed by atoms with Gasteiger partial charge in [-0.3, -0.25) is 24.3 Å². The van der Waals surface area contributed by atoms with Crippen molar-refractivity contribution in [1.82, 2.24) is 9.88 Å². The number of benzene rings is 1. The van der Waals surface area contributed by atoms with E-state index < -0.39 is 17.4 Å². The number of imide groups is 1. The summed E-state index contributed by atoms with van der Waals surface area (Å²) >= 11 is 0. The number of carbonyl (C=O) groups is 2. The maximum atomic E-state index is 12.3. The Kier molecular flexibility index (Phi) is 3.40. The topological polar surface area (TPSA) is 103 Å². The second kappa shape index (κ2) is 5.28. The third kappa shape index (κ3) is 2.46. The molecule has 0 fully saturated rings. The minimum Gasteiger partial charge on any atom is -0.491 e. The van der Waals surface area contributed by atoms with Crippen LogP contribution >= 0.6 is 0 Å². The predicted octanol–water partition coefficient (Wildman–Crippen LogP) is 1.09. The largest absolute Gasteiger partial charge is 0.491 e. The molecule has 0 unspecified atom stereocenters. The molecule has 1 aromatic carbocycles. The van der Waals surface area contributed by atoms with Gasteiger partial charge in [0.15, 0.2) is 0 Å². The lowest BCUT2D eigenvalue weighted by Crippen LogP contribution is -2.24. The maximum Gasteiger partial charge on any atom is 0.262 e. The third-order valence-corrected chi connectivity index (χ3v) is 3.40. The fourth-order valence-corrected chi connectivity index (χ4v) is 2.51. The number of ether oxygens (including phenoxy) is 1. The van der Waals surface area contributed by atoms with Crippen molar-refractivity contribution in [2.45, 2.75) is 20.0 Å². The van der Waals surface area contributed by atoms with E-state index in [0.717, 1.165) is 6.07 Å². The Morgan fingerprint density at radius 2 is 1.87 bits per heavy atom. The molecule has 7 nitrogen and oxygen atoms in total.